The number of piperidine rings is 1. The number of carbonyl (C=O) groups is 1. The lowest BCUT2D eigenvalue weighted by molar-refractivity contribution is -0.135. The zero-order chi connectivity index (χ0) is 16.6. The lowest BCUT2D eigenvalue weighted by atomic mass is 10.0. The molecule has 0 bridgehead atoms. The third kappa shape index (κ3) is 2.73. The second kappa shape index (κ2) is 6.31. The van der Waals surface area contributed by atoms with E-state index < -0.39 is 5.69 Å². The molecule has 124 valence electrons. The summed E-state index contributed by atoms with van der Waals surface area (Å²) < 4.78 is 3.18. The van der Waals surface area contributed by atoms with Crippen LogP contribution in [0.15, 0.2) is 21.0 Å². The number of likely N-dealkylation sites (tertiary alicyclic amines) is 1. The van der Waals surface area contributed by atoms with Gasteiger partial charge in [0.2, 0.25) is 5.91 Å². The van der Waals surface area contributed by atoms with Gasteiger partial charge in [-0.15, -0.1) is 11.3 Å². The molecule has 7 heteroatoms. The molecule has 3 rings (SSSR count). The number of hydrogen-bond acceptors (Lipinski definition) is 4. The molecule has 2 aromatic rings. The molecule has 6 nitrogen and oxygen atoms in total. The Bertz CT molecular complexity index is 848. The van der Waals surface area contributed by atoms with Crippen molar-refractivity contribution in [1.29, 1.82) is 0 Å². The van der Waals surface area contributed by atoms with Crippen molar-refractivity contribution in [3.8, 4) is 0 Å². The van der Waals surface area contributed by atoms with E-state index in [0.717, 1.165) is 25.8 Å². The topological polar surface area (TPSA) is 64.3 Å². The van der Waals surface area contributed by atoms with Crippen molar-refractivity contribution < 1.29 is 4.79 Å². The predicted molar refractivity (Wildman–Crippen MR) is 91.0 cm³/mol. The molecule has 1 atom stereocenters. The Hall–Kier alpha value is -1.89. The number of aromatic nitrogens is 2. The fourth-order valence-corrected chi connectivity index (χ4v) is 4.10. The number of fused-ring (bicyclic) bond motifs is 1. The summed E-state index contributed by atoms with van der Waals surface area (Å²) in [5.41, 5.74) is -0.105. The van der Waals surface area contributed by atoms with Crippen LogP contribution in [-0.2, 0) is 17.9 Å². The maximum absolute atomic E-state index is 12.7. The molecule has 1 aliphatic heterocycles. The predicted octanol–water partition coefficient (Wildman–Crippen LogP) is 1.65. The summed E-state index contributed by atoms with van der Waals surface area (Å²) >= 11 is 1.31. The second-order valence-corrected chi connectivity index (χ2v) is 6.90. The van der Waals surface area contributed by atoms with E-state index in [9.17, 15) is 14.4 Å². The minimum Gasteiger partial charge on any atom is -0.338 e. The highest BCUT2D eigenvalue weighted by Crippen LogP contribution is 2.18. The van der Waals surface area contributed by atoms with Gasteiger partial charge in [0.15, 0.2) is 0 Å². The van der Waals surface area contributed by atoms with Gasteiger partial charge in [0.25, 0.3) is 5.56 Å². The van der Waals surface area contributed by atoms with Crippen molar-refractivity contribution in [3.05, 3.63) is 32.3 Å². The number of hydrogen-bond donors (Lipinski definition) is 0. The van der Waals surface area contributed by atoms with Crippen molar-refractivity contribution in [1.82, 2.24) is 14.0 Å². The van der Waals surface area contributed by atoms with Gasteiger partial charge in [-0.1, -0.05) is 0 Å². The van der Waals surface area contributed by atoms with E-state index in [-0.39, 0.29) is 24.1 Å². The van der Waals surface area contributed by atoms with E-state index in [4.69, 9.17) is 0 Å². The normalized spacial score (nSPS) is 18.5. The first-order chi connectivity index (χ1) is 11.0. The molecule has 0 saturated carbocycles. The highest BCUT2D eigenvalue weighted by Gasteiger charge is 2.24. The molecule has 3 heterocycles. The molecule has 0 spiro atoms. The minimum atomic E-state index is -0.401. The Morgan fingerprint density at radius 3 is 2.78 bits per heavy atom. The number of nitrogens with zero attached hydrogens (tertiary/aromatic N) is 3. The second-order valence-electron chi connectivity index (χ2n) is 5.99. The molecule has 23 heavy (non-hydrogen) atoms. The lowest BCUT2D eigenvalue weighted by Gasteiger charge is -2.33. The van der Waals surface area contributed by atoms with Crippen molar-refractivity contribution in [2.75, 3.05) is 6.54 Å². The third-order valence-electron chi connectivity index (χ3n) is 4.57. The average molecular weight is 335 g/mol. The van der Waals surface area contributed by atoms with Gasteiger partial charge in [0.1, 0.15) is 11.2 Å². The maximum atomic E-state index is 12.7. The van der Waals surface area contributed by atoms with E-state index in [1.165, 1.54) is 20.5 Å². The molecule has 1 fully saturated rings. The minimum absolute atomic E-state index is 0.00329. The lowest BCUT2D eigenvalue weighted by Crippen LogP contribution is -2.46. The van der Waals surface area contributed by atoms with Gasteiger partial charge in [0.05, 0.1) is 5.52 Å². The fraction of sp³-hybridized carbons (Fsp3) is 0.562. The molecule has 0 radical (unpaired) electrons. The summed E-state index contributed by atoms with van der Waals surface area (Å²) in [6, 6.07) is 1.96. The Kier molecular flexibility index (Phi) is 4.39. The Balaban J connectivity index is 2.03. The van der Waals surface area contributed by atoms with Crippen molar-refractivity contribution in [2.24, 2.45) is 0 Å². The van der Waals surface area contributed by atoms with Gasteiger partial charge in [-0.2, -0.15) is 0 Å². The van der Waals surface area contributed by atoms with E-state index >= 15 is 0 Å². The van der Waals surface area contributed by atoms with Gasteiger partial charge in [-0.25, -0.2) is 4.79 Å². The van der Waals surface area contributed by atoms with Crippen molar-refractivity contribution >= 4 is 27.5 Å². The van der Waals surface area contributed by atoms with Gasteiger partial charge >= 0.3 is 5.69 Å². The fourth-order valence-electron chi connectivity index (χ4n) is 3.26. The molecule has 0 aliphatic carbocycles. The largest absolute Gasteiger partial charge is 0.338 e. The molecule has 1 amide bonds. The first kappa shape index (κ1) is 16.0. The zero-order valence-corrected chi connectivity index (χ0v) is 14.3. The van der Waals surface area contributed by atoms with Crippen LogP contribution < -0.4 is 11.2 Å². The van der Waals surface area contributed by atoms with Crippen LogP contribution in [0, 0.1) is 0 Å². The van der Waals surface area contributed by atoms with E-state index in [0.29, 0.717) is 16.8 Å². The van der Waals surface area contributed by atoms with Crippen LogP contribution in [0.4, 0.5) is 0 Å². The molecule has 0 unspecified atom stereocenters. The van der Waals surface area contributed by atoms with Crippen LogP contribution in [0.3, 0.4) is 0 Å². The van der Waals surface area contributed by atoms with Crippen LogP contribution >= 0.6 is 11.3 Å². The van der Waals surface area contributed by atoms with Crippen LogP contribution in [0.2, 0.25) is 0 Å². The summed E-state index contributed by atoms with van der Waals surface area (Å²) in [5.74, 6) is -0.0481. The summed E-state index contributed by atoms with van der Waals surface area (Å²) in [6.45, 7) is 4.86. The standard InChI is InChI=1S/C16H21N3O3S/c1-3-17-15(21)14-12(7-9-23-14)19(16(17)22)10-13(20)18-8-5-4-6-11(18)2/h7,9,11H,3-6,8,10H2,1-2H3/t11-/m0/s1. The SMILES string of the molecule is CCn1c(=O)c2sccc2n(CC(=O)N2CCCC[C@@H]2C)c1=O. The number of rotatable bonds is 3. The summed E-state index contributed by atoms with van der Waals surface area (Å²) in [7, 11) is 0. The molecular formula is C16H21N3O3S. The zero-order valence-electron chi connectivity index (χ0n) is 13.4. The summed E-state index contributed by atoms with van der Waals surface area (Å²) in [4.78, 5) is 39.4. The Morgan fingerprint density at radius 2 is 2.09 bits per heavy atom. The summed E-state index contributed by atoms with van der Waals surface area (Å²) in [5, 5.41) is 1.79. The highest BCUT2D eigenvalue weighted by molar-refractivity contribution is 7.17. The highest BCUT2D eigenvalue weighted by atomic mass is 32.1. The Morgan fingerprint density at radius 1 is 1.30 bits per heavy atom. The van der Waals surface area contributed by atoms with Crippen LogP contribution in [0.5, 0.6) is 0 Å². The number of amides is 1. The molecule has 2 aromatic heterocycles. The van der Waals surface area contributed by atoms with Gasteiger partial charge in [-0.05, 0) is 44.6 Å². The van der Waals surface area contributed by atoms with E-state index in [1.807, 2.05) is 11.8 Å². The molecule has 1 saturated heterocycles. The monoisotopic (exact) mass is 335 g/mol. The first-order valence-electron chi connectivity index (χ1n) is 8.05. The molecule has 0 aromatic carbocycles. The van der Waals surface area contributed by atoms with Gasteiger partial charge in [-0.3, -0.25) is 18.7 Å². The smallest absolute Gasteiger partial charge is 0.331 e. The van der Waals surface area contributed by atoms with Gasteiger partial charge < -0.3 is 4.90 Å². The van der Waals surface area contributed by atoms with Crippen LogP contribution in [0.1, 0.15) is 33.1 Å². The maximum Gasteiger partial charge on any atom is 0.331 e. The number of thiophene rings is 1. The molecule has 0 N–H and O–H groups in total. The van der Waals surface area contributed by atoms with Crippen LogP contribution in [0.25, 0.3) is 10.2 Å². The average Bonchev–Trinajstić information content (AvgIpc) is 3.02. The third-order valence-corrected chi connectivity index (χ3v) is 5.46. The quantitative estimate of drug-likeness (QED) is 0.857. The Labute approximate surface area is 138 Å². The van der Waals surface area contributed by atoms with E-state index in [1.54, 1.807) is 18.4 Å². The van der Waals surface area contributed by atoms with Crippen molar-refractivity contribution in [2.45, 2.75) is 52.2 Å². The first-order valence-corrected chi connectivity index (χ1v) is 8.93. The molecule has 1 aliphatic rings. The molecular weight excluding hydrogens is 314 g/mol. The van der Waals surface area contributed by atoms with Crippen LogP contribution in [-0.4, -0.2) is 32.5 Å². The van der Waals surface area contributed by atoms with Crippen molar-refractivity contribution in [3.63, 3.8) is 0 Å². The number of carbonyl (C=O) groups excluding carboxylic acids is 1. The van der Waals surface area contributed by atoms with Gasteiger partial charge in [0, 0.05) is 19.1 Å². The van der Waals surface area contributed by atoms with E-state index in [2.05, 4.69) is 0 Å². The summed E-state index contributed by atoms with van der Waals surface area (Å²) in [6.07, 6.45) is 3.15.